The molecule has 0 radical (unpaired) electrons. The molecule has 0 atom stereocenters. The average molecular weight is 182 g/mol. The molecule has 1 rings (SSSR count). The van der Waals surface area contributed by atoms with Crippen molar-refractivity contribution >= 4 is 13.1 Å². The van der Waals surface area contributed by atoms with Gasteiger partial charge >= 0.3 is 7.25 Å². The summed E-state index contributed by atoms with van der Waals surface area (Å²) in [6.07, 6.45) is 1.79. The van der Waals surface area contributed by atoms with E-state index in [-0.39, 0.29) is 0 Å². The molecule has 0 fully saturated rings. The van der Waals surface area contributed by atoms with E-state index in [0.29, 0.717) is 5.82 Å². The monoisotopic (exact) mass is 182 g/mol. The summed E-state index contributed by atoms with van der Waals surface area (Å²) < 4.78 is 39.0. The Morgan fingerprint density at radius 1 is 1.17 bits per heavy atom. The highest BCUT2D eigenvalue weighted by molar-refractivity contribution is 6.50. The van der Waals surface area contributed by atoms with Crippen LogP contribution in [0.5, 0.6) is 0 Å². The number of rotatable bonds is 0. The summed E-state index contributed by atoms with van der Waals surface area (Å²) in [5.41, 5.74) is 5.30. The number of nitrogen functional groups attached to an aromatic ring is 1. The van der Waals surface area contributed by atoms with Crippen LogP contribution in [0.4, 0.5) is 23.1 Å². The molecule has 0 saturated heterocycles. The highest BCUT2D eigenvalue weighted by Crippen LogP contribution is 2.06. The zero-order valence-electron chi connectivity index (χ0n) is 5.98. The molecule has 0 spiro atoms. The van der Waals surface area contributed by atoms with E-state index in [1.165, 1.54) is 0 Å². The lowest BCUT2D eigenvalue weighted by molar-refractivity contribution is -0.360. The number of halogens is 4. The van der Waals surface area contributed by atoms with E-state index in [4.69, 9.17) is 5.73 Å². The van der Waals surface area contributed by atoms with E-state index in [9.17, 15) is 17.3 Å². The minimum Gasteiger partial charge on any atom is -0.418 e. The van der Waals surface area contributed by atoms with Gasteiger partial charge in [-0.15, -0.1) is 0 Å². The van der Waals surface area contributed by atoms with Crippen LogP contribution in [0.2, 0.25) is 0 Å². The van der Waals surface area contributed by atoms with Gasteiger partial charge in [-0.25, -0.2) is 4.98 Å². The number of anilines is 1. The molecule has 0 unspecified atom stereocenters. The van der Waals surface area contributed by atoms with Gasteiger partial charge in [-0.1, -0.05) is 6.07 Å². The van der Waals surface area contributed by atoms with Gasteiger partial charge in [0.05, 0.1) is 6.20 Å². The SMILES string of the molecule is F[B-](F)(F)F.Nc1cccc[nH+]1. The fraction of sp³-hybridized carbons (Fsp3) is 0. The van der Waals surface area contributed by atoms with Crippen LogP contribution in [0.15, 0.2) is 24.4 Å². The van der Waals surface area contributed by atoms with Crippen LogP contribution in [-0.4, -0.2) is 7.25 Å². The van der Waals surface area contributed by atoms with Crippen molar-refractivity contribution in [3.63, 3.8) is 0 Å². The number of H-pyrrole nitrogens is 1. The average Bonchev–Trinajstić information content (AvgIpc) is 1.85. The predicted octanol–water partition coefficient (Wildman–Crippen LogP) is 1.38. The zero-order valence-corrected chi connectivity index (χ0v) is 5.98. The maximum Gasteiger partial charge on any atom is 0.673 e. The first-order chi connectivity index (χ1) is 5.39. The third-order valence-corrected chi connectivity index (χ3v) is 0.733. The molecule has 3 N–H and O–H groups in total. The minimum atomic E-state index is -6.00. The van der Waals surface area contributed by atoms with Crippen molar-refractivity contribution in [2.45, 2.75) is 0 Å². The summed E-state index contributed by atoms with van der Waals surface area (Å²) in [6.45, 7) is 0. The second-order valence-corrected chi connectivity index (χ2v) is 1.81. The standard InChI is InChI=1S/C5H6N2.BF4/c6-5-3-1-2-4-7-5;2-1(3,4)5/h1-4H,(H2,6,7);/q;-1/p+1. The maximum atomic E-state index is 9.75. The Kier molecular flexibility index (Phi) is 4.10. The lowest BCUT2D eigenvalue weighted by Gasteiger charge is -1.94. The molecule has 7 heteroatoms. The molecular formula is C5H7BF4N2. The minimum absolute atomic E-state index is 0.697. The van der Waals surface area contributed by atoms with E-state index in [1.54, 1.807) is 12.3 Å². The van der Waals surface area contributed by atoms with Crippen LogP contribution in [0, 0.1) is 0 Å². The third kappa shape index (κ3) is 11.5. The summed E-state index contributed by atoms with van der Waals surface area (Å²) in [4.78, 5) is 2.81. The molecule has 1 aromatic rings. The Labute approximate surface area is 66.5 Å². The van der Waals surface area contributed by atoms with E-state index in [0.717, 1.165) is 0 Å². The van der Waals surface area contributed by atoms with Gasteiger partial charge in [-0.2, -0.15) is 0 Å². The van der Waals surface area contributed by atoms with Crippen LogP contribution in [0.3, 0.4) is 0 Å². The third-order valence-electron chi connectivity index (χ3n) is 0.733. The Hall–Kier alpha value is -1.27. The molecule has 0 aliphatic rings. The highest BCUT2D eigenvalue weighted by atomic mass is 19.5. The summed E-state index contributed by atoms with van der Waals surface area (Å²) in [5, 5.41) is 0. The molecule has 0 amide bonds. The molecular weight excluding hydrogens is 175 g/mol. The first-order valence-electron chi connectivity index (χ1n) is 2.99. The quantitative estimate of drug-likeness (QED) is 0.477. The highest BCUT2D eigenvalue weighted by Gasteiger charge is 2.20. The first-order valence-corrected chi connectivity index (χ1v) is 2.99. The van der Waals surface area contributed by atoms with Crippen molar-refractivity contribution in [2.24, 2.45) is 0 Å². The normalized spacial score (nSPS) is 10.0. The van der Waals surface area contributed by atoms with Gasteiger partial charge in [-0.05, 0) is 6.07 Å². The van der Waals surface area contributed by atoms with Gasteiger partial charge in [0.1, 0.15) is 0 Å². The summed E-state index contributed by atoms with van der Waals surface area (Å²) in [5.74, 6) is 0.697. The predicted molar refractivity (Wildman–Crippen MR) is 37.6 cm³/mol. The number of hydrogen-bond donors (Lipinski definition) is 1. The number of hydrogen-bond acceptors (Lipinski definition) is 1. The van der Waals surface area contributed by atoms with E-state index in [1.807, 2.05) is 12.1 Å². The van der Waals surface area contributed by atoms with Crippen LogP contribution < -0.4 is 10.7 Å². The van der Waals surface area contributed by atoms with Gasteiger partial charge in [-0.3, -0.25) is 5.73 Å². The van der Waals surface area contributed by atoms with Gasteiger partial charge < -0.3 is 17.3 Å². The molecule has 1 aromatic heterocycles. The fourth-order valence-corrected chi connectivity index (χ4v) is 0.407. The Morgan fingerprint density at radius 3 is 1.83 bits per heavy atom. The number of nitrogens with one attached hydrogen (secondary N) is 1. The van der Waals surface area contributed by atoms with Crippen LogP contribution in [-0.2, 0) is 0 Å². The molecule has 0 aromatic carbocycles. The lowest BCUT2D eigenvalue weighted by atomic mass is 10.3. The van der Waals surface area contributed by atoms with Gasteiger partial charge in [0.15, 0.2) is 0 Å². The van der Waals surface area contributed by atoms with E-state index in [2.05, 4.69) is 4.98 Å². The Bertz CT molecular complexity index is 206. The Morgan fingerprint density at radius 2 is 1.67 bits per heavy atom. The Balaban J connectivity index is 0.000000217. The lowest BCUT2D eigenvalue weighted by Crippen LogP contribution is -2.06. The molecule has 12 heavy (non-hydrogen) atoms. The van der Waals surface area contributed by atoms with Crippen molar-refractivity contribution in [2.75, 3.05) is 5.73 Å². The van der Waals surface area contributed by atoms with E-state index < -0.39 is 7.25 Å². The smallest absolute Gasteiger partial charge is 0.418 e. The van der Waals surface area contributed by atoms with Crippen molar-refractivity contribution in [3.05, 3.63) is 24.4 Å². The van der Waals surface area contributed by atoms with Crippen molar-refractivity contribution in [1.29, 1.82) is 0 Å². The molecule has 0 aliphatic heterocycles. The second kappa shape index (κ2) is 4.58. The molecule has 68 valence electrons. The molecule has 0 saturated carbocycles. The van der Waals surface area contributed by atoms with Crippen LogP contribution in [0.25, 0.3) is 0 Å². The van der Waals surface area contributed by atoms with Crippen molar-refractivity contribution in [3.8, 4) is 0 Å². The largest absolute Gasteiger partial charge is 0.673 e. The molecule has 2 nitrogen and oxygen atoms in total. The topological polar surface area (TPSA) is 40.2 Å². The molecule has 0 bridgehead atoms. The first kappa shape index (κ1) is 10.7. The van der Waals surface area contributed by atoms with Crippen LogP contribution in [0.1, 0.15) is 0 Å². The van der Waals surface area contributed by atoms with Crippen molar-refractivity contribution < 1.29 is 22.2 Å². The summed E-state index contributed by atoms with van der Waals surface area (Å²) >= 11 is 0. The number of pyridine rings is 1. The van der Waals surface area contributed by atoms with Gasteiger partial charge in [0, 0.05) is 6.07 Å². The second-order valence-electron chi connectivity index (χ2n) is 1.81. The van der Waals surface area contributed by atoms with Gasteiger partial charge in [0.25, 0.3) is 5.82 Å². The fourth-order valence-electron chi connectivity index (χ4n) is 0.407. The summed E-state index contributed by atoms with van der Waals surface area (Å²) in [7, 11) is -6.00. The number of nitrogens with two attached hydrogens (primary N) is 1. The zero-order chi connectivity index (χ0) is 9.61. The maximum absolute atomic E-state index is 9.75. The molecule has 0 aliphatic carbocycles. The van der Waals surface area contributed by atoms with Crippen LogP contribution >= 0.6 is 0 Å². The number of aromatic amines is 1. The van der Waals surface area contributed by atoms with Crippen molar-refractivity contribution in [1.82, 2.24) is 0 Å². The van der Waals surface area contributed by atoms with Gasteiger partial charge in [0.2, 0.25) is 0 Å². The molecule has 1 heterocycles. The van der Waals surface area contributed by atoms with E-state index >= 15 is 0 Å². The number of aromatic nitrogens is 1. The summed E-state index contributed by atoms with van der Waals surface area (Å²) in [6, 6.07) is 5.57.